The lowest BCUT2D eigenvalue weighted by Gasteiger charge is -2.49. The van der Waals surface area contributed by atoms with Gasteiger partial charge in [-0.05, 0) is 55.5 Å². The van der Waals surface area contributed by atoms with Gasteiger partial charge in [0.25, 0.3) is 10.2 Å². The van der Waals surface area contributed by atoms with Crippen molar-refractivity contribution in [1.82, 2.24) is 19.2 Å². The van der Waals surface area contributed by atoms with E-state index < -0.39 is 10.2 Å². The van der Waals surface area contributed by atoms with Crippen molar-refractivity contribution in [3.63, 3.8) is 0 Å². The summed E-state index contributed by atoms with van der Waals surface area (Å²) in [6.07, 6.45) is 9.36. The second kappa shape index (κ2) is 7.92. The Morgan fingerprint density at radius 1 is 1.10 bits per heavy atom. The Bertz CT molecular complexity index is 1050. The predicted octanol–water partition coefficient (Wildman–Crippen LogP) is 1.93. The summed E-state index contributed by atoms with van der Waals surface area (Å²) in [5, 5.41) is 9.77. The Labute approximate surface area is 182 Å². The zero-order valence-corrected chi connectivity index (χ0v) is 18.1. The molecule has 0 amide bonds. The highest BCUT2D eigenvalue weighted by molar-refractivity contribution is 7.86. The van der Waals surface area contributed by atoms with Gasteiger partial charge in [-0.3, -0.25) is 10.0 Å². The summed E-state index contributed by atoms with van der Waals surface area (Å²) in [5.74, 6) is 1.73. The molecule has 2 saturated heterocycles. The number of nitrogens with zero attached hydrogens (tertiary/aromatic N) is 5. The Morgan fingerprint density at radius 2 is 1.90 bits per heavy atom. The van der Waals surface area contributed by atoms with Crippen LogP contribution in [0.3, 0.4) is 0 Å². The lowest BCUT2D eigenvalue weighted by molar-refractivity contribution is -0.0327. The summed E-state index contributed by atoms with van der Waals surface area (Å²) in [7, 11) is -3.67. The Morgan fingerprint density at radius 3 is 2.65 bits per heavy atom. The first-order valence-corrected chi connectivity index (χ1v) is 12.2. The normalized spacial score (nSPS) is 25.1. The Hall–Kier alpha value is -2.43. The van der Waals surface area contributed by atoms with Crippen molar-refractivity contribution in [2.24, 2.45) is 10.1 Å². The second-order valence-corrected chi connectivity index (χ2v) is 9.92. The maximum Gasteiger partial charge on any atom is 0.276 e. The molecule has 4 aliphatic heterocycles. The first kappa shape index (κ1) is 20.5. The van der Waals surface area contributed by atoms with Gasteiger partial charge in [0.05, 0.1) is 18.6 Å². The fourth-order valence-corrected chi connectivity index (χ4v) is 5.82. The summed E-state index contributed by atoms with van der Waals surface area (Å²) in [6.45, 7) is 2.36. The summed E-state index contributed by atoms with van der Waals surface area (Å²) in [4.78, 5) is 6.84. The van der Waals surface area contributed by atoms with Gasteiger partial charge in [-0.2, -0.15) is 12.7 Å². The van der Waals surface area contributed by atoms with Crippen LogP contribution < -0.4 is 5.14 Å². The van der Waals surface area contributed by atoms with Gasteiger partial charge in [-0.15, -0.1) is 0 Å². The SMILES string of the molecule is NS(=O)(=O)N1CCC(N2C(N3CCC[C@@H]3c3cccc(F)c3)=CC=C3N=CCN32)CC1. The summed E-state index contributed by atoms with van der Waals surface area (Å²) < 4.78 is 38.8. The van der Waals surface area contributed by atoms with Gasteiger partial charge in [-0.1, -0.05) is 12.1 Å². The number of likely N-dealkylation sites (tertiary alicyclic amines) is 1. The number of rotatable bonds is 4. The number of hydrogen-bond acceptors (Lipinski definition) is 6. The number of aliphatic imine (C=N–C) groups is 1. The number of hydrogen-bond donors (Lipinski definition) is 1. The fraction of sp³-hybridized carbons (Fsp3) is 0.476. The molecular weight excluding hydrogens is 419 g/mol. The van der Waals surface area contributed by atoms with E-state index in [1.165, 1.54) is 10.4 Å². The molecule has 0 radical (unpaired) electrons. The molecule has 0 spiro atoms. The molecule has 10 heteroatoms. The molecule has 166 valence electrons. The van der Waals surface area contributed by atoms with Gasteiger partial charge in [-0.25, -0.2) is 14.5 Å². The lowest BCUT2D eigenvalue weighted by Crippen LogP contribution is -2.55. The van der Waals surface area contributed by atoms with E-state index in [1.54, 1.807) is 12.1 Å². The molecule has 0 aliphatic carbocycles. The van der Waals surface area contributed by atoms with Crippen molar-refractivity contribution >= 4 is 16.4 Å². The maximum atomic E-state index is 13.9. The minimum atomic E-state index is -3.67. The first-order valence-electron chi connectivity index (χ1n) is 10.7. The van der Waals surface area contributed by atoms with Crippen LogP contribution in [0.5, 0.6) is 0 Å². The average molecular weight is 447 g/mol. The van der Waals surface area contributed by atoms with E-state index in [2.05, 4.69) is 26.0 Å². The van der Waals surface area contributed by atoms with Gasteiger partial charge < -0.3 is 4.90 Å². The third-order valence-electron chi connectivity index (χ3n) is 6.53. The van der Waals surface area contributed by atoms with Gasteiger partial charge in [0.2, 0.25) is 0 Å². The van der Waals surface area contributed by atoms with E-state index in [0.29, 0.717) is 32.5 Å². The van der Waals surface area contributed by atoms with Crippen LogP contribution in [0.4, 0.5) is 4.39 Å². The van der Waals surface area contributed by atoms with Crippen LogP contribution in [0.2, 0.25) is 0 Å². The standard InChI is InChI=1S/C21H27FN6O2S/c22-17-4-1-3-16(15-17)19-5-2-11-26(19)21-7-6-20-24-10-14-27(20)28(21)18-8-12-25(13-9-18)31(23,29)30/h1,3-4,6-7,10,15,18-19H,2,5,8-9,11-14H2,(H2,23,29,30)/t19-/m1/s1. The van der Waals surface area contributed by atoms with Crippen molar-refractivity contribution < 1.29 is 12.8 Å². The maximum absolute atomic E-state index is 13.9. The van der Waals surface area contributed by atoms with Crippen LogP contribution in [-0.2, 0) is 10.2 Å². The van der Waals surface area contributed by atoms with Crippen LogP contribution in [0, 0.1) is 5.82 Å². The molecular formula is C21H27FN6O2S. The number of hydrazine groups is 1. The van der Waals surface area contributed by atoms with E-state index in [-0.39, 0.29) is 17.9 Å². The molecule has 0 saturated carbocycles. The third kappa shape index (κ3) is 3.83. The van der Waals surface area contributed by atoms with Gasteiger partial charge >= 0.3 is 0 Å². The molecule has 5 rings (SSSR count). The fourth-order valence-electron chi connectivity index (χ4n) is 5.10. The minimum Gasteiger partial charge on any atom is -0.350 e. The number of nitrogens with two attached hydrogens (primary N) is 1. The molecule has 2 fully saturated rings. The minimum absolute atomic E-state index is 0.104. The summed E-state index contributed by atoms with van der Waals surface area (Å²) >= 11 is 0. The predicted molar refractivity (Wildman–Crippen MR) is 116 cm³/mol. The van der Waals surface area contributed by atoms with Crippen molar-refractivity contribution in [2.45, 2.75) is 37.8 Å². The van der Waals surface area contributed by atoms with E-state index in [1.807, 2.05) is 18.4 Å². The van der Waals surface area contributed by atoms with Crippen LogP contribution in [-0.4, -0.2) is 66.1 Å². The number of halogens is 1. The van der Waals surface area contributed by atoms with Crippen LogP contribution >= 0.6 is 0 Å². The zero-order chi connectivity index (χ0) is 21.6. The lowest BCUT2D eigenvalue weighted by atomic mass is 10.0. The van der Waals surface area contributed by atoms with E-state index in [4.69, 9.17) is 5.14 Å². The van der Waals surface area contributed by atoms with Gasteiger partial charge in [0.15, 0.2) is 0 Å². The van der Waals surface area contributed by atoms with Crippen LogP contribution in [0.15, 0.2) is 53.1 Å². The number of fused-ring (bicyclic) bond motifs is 1. The van der Waals surface area contributed by atoms with Gasteiger partial charge in [0.1, 0.15) is 17.5 Å². The molecule has 4 aliphatic rings. The number of allylic oxidation sites excluding steroid dienone is 2. The molecule has 31 heavy (non-hydrogen) atoms. The molecule has 0 aromatic heterocycles. The van der Waals surface area contributed by atoms with Crippen molar-refractivity contribution in [1.29, 1.82) is 0 Å². The Balaban J connectivity index is 1.44. The number of piperidine rings is 1. The summed E-state index contributed by atoms with van der Waals surface area (Å²) in [5.41, 5.74) is 0.981. The van der Waals surface area contributed by atoms with Crippen molar-refractivity contribution in [3.05, 3.63) is 59.4 Å². The van der Waals surface area contributed by atoms with E-state index in [9.17, 15) is 12.8 Å². The van der Waals surface area contributed by atoms with Crippen LogP contribution in [0.1, 0.15) is 37.3 Å². The second-order valence-electron chi connectivity index (χ2n) is 8.37. The molecule has 8 nitrogen and oxygen atoms in total. The van der Waals surface area contributed by atoms with Crippen molar-refractivity contribution in [3.8, 4) is 0 Å². The Kier molecular flexibility index (Phi) is 5.23. The highest BCUT2D eigenvalue weighted by atomic mass is 32.2. The van der Waals surface area contributed by atoms with Gasteiger partial charge in [0, 0.05) is 25.8 Å². The van der Waals surface area contributed by atoms with Crippen LogP contribution in [0.25, 0.3) is 0 Å². The average Bonchev–Trinajstić information content (AvgIpc) is 3.42. The summed E-state index contributed by atoms with van der Waals surface area (Å²) in [6, 6.07) is 7.09. The molecule has 1 aromatic carbocycles. The highest BCUT2D eigenvalue weighted by Gasteiger charge is 2.40. The largest absolute Gasteiger partial charge is 0.350 e. The van der Waals surface area contributed by atoms with Crippen molar-refractivity contribution in [2.75, 3.05) is 26.2 Å². The van der Waals surface area contributed by atoms with E-state index in [0.717, 1.165) is 36.6 Å². The molecule has 1 aromatic rings. The molecule has 4 heterocycles. The third-order valence-corrected chi connectivity index (χ3v) is 7.61. The topological polar surface area (TPSA) is 85.5 Å². The number of benzene rings is 1. The highest BCUT2D eigenvalue weighted by Crippen LogP contribution is 2.40. The molecule has 1 atom stereocenters. The smallest absolute Gasteiger partial charge is 0.276 e. The zero-order valence-electron chi connectivity index (χ0n) is 17.3. The van der Waals surface area contributed by atoms with E-state index >= 15 is 0 Å². The molecule has 0 unspecified atom stereocenters. The molecule has 0 bridgehead atoms. The monoisotopic (exact) mass is 446 g/mol. The first-order chi connectivity index (χ1) is 14.9. The molecule has 2 N–H and O–H groups in total. The quantitative estimate of drug-likeness (QED) is 0.764.